The summed E-state index contributed by atoms with van der Waals surface area (Å²) < 4.78 is 41.2. The second kappa shape index (κ2) is 10.2. The molecule has 4 aromatic rings. The van der Waals surface area contributed by atoms with E-state index in [-0.39, 0.29) is 11.4 Å². The summed E-state index contributed by atoms with van der Waals surface area (Å²) in [6, 6.07) is 10.8. The van der Waals surface area contributed by atoms with Crippen molar-refractivity contribution in [1.29, 1.82) is 0 Å². The van der Waals surface area contributed by atoms with Crippen LogP contribution >= 0.6 is 0 Å². The molecule has 188 valence electrons. The molecule has 1 aliphatic heterocycles. The Morgan fingerprint density at radius 2 is 1.83 bits per heavy atom. The van der Waals surface area contributed by atoms with E-state index in [9.17, 15) is 13.2 Å². The molecule has 0 atom stereocenters. The fourth-order valence-corrected chi connectivity index (χ4v) is 4.36. The number of piperazine rings is 1. The highest BCUT2D eigenvalue weighted by Crippen LogP contribution is 2.36. The summed E-state index contributed by atoms with van der Waals surface area (Å²) in [7, 11) is 2.12. The Labute approximate surface area is 206 Å². The van der Waals surface area contributed by atoms with Gasteiger partial charge in [0.05, 0.1) is 10.9 Å². The second-order valence-corrected chi connectivity index (χ2v) is 8.96. The van der Waals surface area contributed by atoms with Crippen molar-refractivity contribution in [2.45, 2.75) is 19.0 Å². The Kier molecular flexibility index (Phi) is 6.84. The molecule has 5 rings (SSSR count). The molecule has 11 heteroatoms. The van der Waals surface area contributed by atoms with E-state index in [0.29, 0.717) is 29.4 Å². The number of anilines is 2. The van der Waals surface area contributed by atoms with Crippen molar-refractivity contribution in [2.75, 3.05) is 45.1 Å². The van der Waals surface area contributed by atoms with Crippen LogP contribution in [0.5, 0.6) is 0 Å². The highest BCUT2D eigenvalue weighted by Gasteiger charge is 2.34. The number of benzene rings is 1. The van der Waals surface area contributed by atoms with Crippen LogP contribution in [0.15, 0.2) is 48.7 Å². The molecule has 0 bridgehead atoms. The number of aromatic amines is 1. The summed E-state index contributed by atoms with van der Waals surface area (Å²) in [6.45, 7) is 5.00. The molecule has 1 aliphatic rings. The number of pyridine rings is 1. The van der Waals surface area contributed by atoms with Crippen LogP contribution in [-0.2, 0) is 12.6 Å². The predicted molar refractivity (Wildman–Crippen MR) is 132 cm³/mol. The number of hydrogen-bond donors (Lipinski definition) is 2. The maximum Gasteiger partial charge on any atom is 0.417 e. The minimum atomic E-state index is -4.52. The summed E-state index contributed by atoms with van der Waals surface area (Å²) in [5, 5.41) is 11.0. The minimum Gasteiger partial charge on any atom is -0.323 e. The fourth-order valence-electron chi connectivity index (χ4n) is 4.36. The van der Waals surface area contributed by atoms with Gasteiger partial charge in [0.15, 0.2) is 17.3 Å². The fraction of sp³-hybridized carbons (Fsp3) is 0.360. The lowest BCUT2D eigenvalue weighted by atomic mass is 10.1. The van der Waals surface area contributed by atoms with Gasteiger partial charge in [-0.3, -0.25) is 5.10 Å². The molecule has 36 heavy (non-hydrogen) atoms. The van der Waals surface area contributed by atoms with Gasteiger partial charge in [0.2, 0.25) is 0 Å². The lowest BCUT2D eigenvalue weighted by molar-refractivity contribution is -0.137. The summed E-state index contributed by atoms with van der Waals surface area (Å²) in [5.41, 5.74) is 0.457. The van der Waals surface area contributed by atoms with E-state index in [1.165, 1.54) is 12.1 Å². The van der Waals surface area contributed by atoms with Crippen molar-refractivity contribution in [3.05, 3.63) is 59.9 Å². The highest BCUT2D eigenvalue weighted by molar-refractivity contribution is 5.88. The second-order valence-electron chi connectivity index (χ2n) is 8.96. The maximum absolute atomic E-state index is 13.7. The number of nitrogens with one attached hydrogen (secondary N) is 2. The van der Waals surface area contributed by atoms with E-state index in [1.54, 1.807) is 24.4 Å². The molecule has 0 unspecified atom stereocenters. The number of rotatable bonds is 7. The highest BCUT2D eigenvalue weighted by atomic mass is 19.4. The quantitative estimate of drug-likeness (QED) is 0.393. The monoisotopic (exact) mass is 496 g/mol. The summed E-state index contributed by atoms with van der Waals surface area (Å²) >= 11 is 0. The molecule has 0 aliphatic carbocycles. The van der Waals surface area contributed by atoms with Crippen LogP contribution in [0.25, 0.3) is 22.4 Å². The summed E-state index contributed by atoms with van der Waals surface area (Å²) in [5.74, 6) is 0.902. The van der Waals surface area contributed by atoms with Crippen LogP contribution in [0, 0.1) is 0 Å². The van der Waals surface area contributed by atoms with Gasteiger partial charge in [0.1, 0.15) is 5.82 Å². The molecule has 3 aromatic heterocycles. The van der Waals surface area contributed by atoms with Crippen LogP contribution in [0.1, 0.15) is 17.7 Å². The number of hydrogen-bond acceptors (Lipinski definition) is 7. The van der Waals surface area contributed by atoms with Gasteiger partial charge in [-0.2, -0.15) is 18.3 Å². The number of nitrogens with zero attached hydrogens (tertiary/aromatic N) is 6. The normalized spacial score (nSPS) is 15.4. The van der Waals surface area contributed by atoms with Crippen LogP contribution in [0.2, 0.25) is 0 Å². The Morgan fingerprint density at radius 3 is 2.64 bits per heavy atom. The standard InChI is InChI=1S/C25H27F3N8/c1-35-12-14-36(15-13-35)11-5-6-17-16-21(32-24-19-8-4-10-29-22(19)33-34-24)31-23(30-17)18-7-2-3-9-20(18)25(26,27)28/h2-4,7-10,16H,5-6,11-15H2,1H3,(H2,29,30,31,32,33,34). The average Bonchev–Trinajstić information content (AvgIpc) is 3.27. The molecule has 0 spiro atoms. The molecule has 1 saturated heterocycles. The minimum absolute atomic E-state index is 0.0282. The number of alkyl halides is 3. The first-order valence-electron chi connectivity index (χ1n) is 11.9. The third kappa shape index (κ3) is 5.47. The lowest BCUT2D eigenvalue weighted by Crippen LogP contribution is -2.44. The average molecular weight is 497 g/mol. The molecule has 1 aromatic carbocycles. The van der Waals surface area contributed by atoms with Gasteiger partial charge in [0, 0.05) is 49.7 Å². The molecule has 0 radical (unpaired) electrons. The van der Waals surface area contributed by atoms with Crippen molar-refractivity contribution in [1.82, 2.24) is 34.9 Å². The Morgan fingerprint density at radius 1 is 1.03 bits per heavy atom. The molecule has 8 nitrogen and oxygen atoms in total. The van der Waals surface area contributed by atoms with Crippen molar-refractivity contribution >= 4 is 22.7 Å². The first-order valence-corrected chi connectivity index (χ1v) is 11.9. The van der Waals surface area contributed by atoms with E-state index < -0.39 is 11.7 Å². The van der Waals surface area contributed by atoms with Crippen LogP contribution < -0.4 is 5.32 Å². The third-order valence-corrected chi connectivity index (χ3v) is 6.34. The largest absolute Gasteiger partial charge is 0.417 e. The van der Waals surface area contributed by atoms with Crippen molar-refractivity contribution in [2.24, 2.45) is 0 Å². The van der Waals surface area contributed by atoms with Crippen molar-refractivity contribution in [3.63, 3.8) is 0 Å². The van der Waals surface area contributed by atoms with Crippen LogP contribution in [-0.4, -0.2) is 74.7 Å². The number of aromatic nitrogens is 5. The summed E-state index contributed by atoms with van der Waals surface area (Å²) in [6.07, 6.45) is -1.40. The molecule has 4 heterocycles. The van der Waals surface area contributed by atoms with E-state index in [0.717, 1.165) is 50.6 Å². The molecule has 0 saturated carbocycles. The van der Waals surface area contributed by atoms with Gasteiger partial charge in [-0.15, -0.1) is 0 Å². The van der Waals surface area contributed by atoms with E-state index in [2.05, 4.69) is 47.3 Å². The van der Waals surface area contributed by atoms with Gasteiger partial charge in [-0.25, -0.2) is 15.0 Å². The van der Waals surface area contributed by atoms with Gasteiger partial charge in [0.25, 0.3) is 0 Å². The Bertz CT molecular complexity index is 1330. The first-order chi connectivity index (χ1) is 17.4. The van der Waals surface area contributed by atoms with E-state index in [4.69, 9.17) is 0 Å². The zero-order valence-corrected chi connectivity index (χ0v) is 19.9. The van der Waals surface area contributed by atoms with E-state index in [1.807, 2.05) is 6.07 Å². The number of H-pyrrole nitrogens is 1. The molecular weight excluding hydrogens is 469 g/mol. The third-order valence-electron chi connectivity index (χ3n) is 6.34. The maximum atomic E-state index is 13.7. The SMILES string of the molecule is CN1CCN(CCCc2cc(Nc3n[nH]c4ncccc34)nc(-c3ccccc3C(F)(F)F)n2)CC1. The smallest absolute Gasteiger partial charge is 0.323 e. The Hall–Kier alpha value is -3.57. The Balaban J connectivity index is 1.44. The first kappa shape index (κ1) is 24.1. The molecule has 1 fully saturated rings. The van der Waals surface area contributed by atoms with Gasteiger partial charge in [-0.05, 0) is 44.6 Å². The summed E-state index contributed by atoms with van der Waals surface area (Å²) in [4.78, 5) is 17.9. The van der Waals surface area contributed by atoms with Gasteiger partial charge in [-0.1, -0.05) is 18.2 Å². The van der Waals surface area contributed by atoms with Crippen molar-refractivity contribution < 1.29 is 13.2 Å². The van der Waals surface area contributed by atoms with Gasteiger partial charge >= 0.3 is 6.18 Å². The number of likely N-dealkylation sites (N-methyl/N-ethyl adjacent to an activating group) is 1. The molecule has 0 amide bonds. The lowest BCUT2D eigenvalue weighted by Gasteiger charge is -2.32. The van der Waals surface area contributed by atoms with Crippen LogP contribution in [0.4, 0.5) is 24.8 Å². The zero-order valence-electron chi connectivity index (χ0n) is 19.9. The molecule has 2 N–H and O–H groups in total. The predicted octanol–water partition coefficient (Wildman–Crippen LogP) is 4.36. The number of halogens is 3. The number of aryl methyl sites for hydroxylation is 1. The van der Waals surface area contributed by atoms with Crippen molar-refractivity contribution in [3.8, 4) is 11.4 Å². The molecular formula is C25H27F3N8. The van der Waals surface area contributed by atoms with Crippen LogP contribution in [0.3, 0.4) is 0 Å². The van der Waals surface area contributed by atoms with Gasteiger partial charge < -0.3 is 15.1 Å². The number of fused-ring (bicyclic) bond motifs is 1. The zero-order chi connectivity index (χ0) is 25.1. The topological polar surface area (TPSA) is 85.9 Å². The van der Waals surface area contributed by atoms with E-state index >= 15 is 0 Å².